The third-order valence-electron chi connectivity index (χ3n) is 5.45. The Hall–Kier alpha value is -3.93. The molecule has 0 atom stereocenters. The number of imidazole rings is 1. The minimum Gasteiger partial charge on any atom is -0.494 e. The fraction of sp³-hybridized carbons (Fsp3) is 0.304. The second-order valence-corrected chi connectivity index (χ2v) is 9.79. The molecule has 12 heteroatoms. The molecule has 0 spiro atoms. The highest BCUT2D eigenvalue weighted by atomic mass is 32.2. The van der Waals surface area contributed by atoms with Crippen molar-refractivity contribution in [1.29, 1.82) is 0 Å². The van der Waals surface area contributed by atoms with Crippen molar-refractivity contribution in [3.8, 4) is 34.6 Å². The number of nitrogens with one attached hydrogen (secondary N) is 1. The van der Waals surface area contributed by atoms with E-state index in [9.17, 15) is 8.42 Å². The van der Waals surface area contributed by atoms with Crippen LogP contribution in [-0.4, -0.2) is 59.0 Å². The van der Waals surface area contributed by atoms with Gasteiger partial charge in [0.25, 0.3) is 0 Å². The molecule has 0 radical (unpaired) electrons. The number of anilines is 1. The first-order chi connectivity index (χ1) is 16.9. The van der Waals surface area contributed by atoms with Crippen molar-refractivity contribution in [2.24, 2.45) is 0 Å². The molecule has 11 nitrogen and oxygen atoms in total. The van der Waals surface area contributed by atoms with Crippen LogP contribution in [0.5, 0.6) is 17.4 Å². The van der Waals surface area contributed by atoms with Gasteiger partial charge in [0.05, 0.1) is 32.3 Å². The minimum atomic E-state index is -3.53. The lowest BCUT2D eigenvalue weighted by Crippen LogP contribution is -2.18. The topological polar surface area (TPSA) is 130 Å². The maximum absolute atomic E-state index is 12.5. The molecule has 0 bridgehead atoms. The summed E-state index contributed by atoms with van der Waals surface area (Å²) in [6, 6.07) is 10.7. The standard InChI is InChI=1S/C23H24N6O5S/c1-4-34-19-10-5-7-15(25-19)22-27-21-23(26-18(13-24-21)28-35(30,31)14-11-12-14)29(22)20-16(32-2)8-6-9-17(20)33-3/h5-10,13-14H,4,11-12H2,1-3H3,(H,26,28). The number of aromatic nitrogens is 5. The third-order valence-corrected chi connectivity index (χ3v) is 7.29. The smallest absolute Gasteiger partial charge is 0.236 e. The van der Waals surface area contributed by atoms with Gasteiger partial charge in [0.1, 0.15) is 22.9 Å². The number of nitrogens with zero attached hydrogens (tertiary/aromatic N) is 5. The Morgan fingerprint density at radius 3 is 2.40 bits per heavy atom. The predicted octanol–water partition coefficient (Wildman–Crippen LogP) is 3.20. The van der Waals surface area contributed by atoms with Crippen molar-refractivity contribution >= 4 is 27.1 Å². The number of sulfonamides is 1. The SMILES string of the molecule is CCOc1cccc(-c2nc3ncc(NS(=O)(=O)C4CC4)nc3n2-c2c(OC)cccc2OC)n1. The highest BCUT2D eigenvalue weighted by molar-refractivity contribution is 7.93. The first-order valence-electron chi connectivity index (χ1n) is 11.0. The second kappa shape index (κ2) is 9.02. The zero-order chi connectivity index (χ0) is 24.6. The lowest BCUT2D eigenvalue weighted by molar-refractivity contribution is 0.327. The van der Waals surface area contributed by atoms with Crippen molar-refractivity contribution in [3.05, 3.63) is 42.6 Å². The molecule has 4 aromatic rings. The first-order valence-corrected chi connectivity index (χ1v) is 12.6. The highest BCUT2D eigenvalue weighted by Crippen LogP contribution is 2.38. The monoisotopic (exact) mass is 496 g/mol. The molecular formula is C23H24N6O5S. The number of hydrogen-bond acceptors (Lipinski definition) is 9. The van der Waals surface area contributed by atoms with E-state index in [4.69, 9.17) is 14.2 Å². The Kier molecular flexibility index (Phi) is 5.89. The van der Waals surface area contributed by atoms with Crippen LogP contribution in [0.25, 0.3) is 28.5 Å². The van der Waals surface area contributed by atoms with E-state index in [0.29, 0.717) is 65.3 Å². The molecule has 0 aliphatic heterocycles. The van der Waals surface area contributed by atoms with Gasteiger partial charge in [0.2, 0.25) is 15.9 Å². The van der Waals surface area contributed by atoms with E-state index in [-0.39, 0.29) is 5.82 Å². The Balaban J connectivity index is 1.77. The lowest BCUT2D eigenvalue weighted by Gasteiger charge is -2.16. The van der Waals surface area contributed by atoms with E-state index in [1.54, 1.807) is 49.1 Å². The number of benzene rings is 1. The van der Waals surface area contributed by atoms with Crippen LogP contribution in [0.3, 0.4) is 0 Å². The molecule has 3 heterocycles. The van der Waals surface area contributed by atoms with Crippen LogP contribution >= 0.6 is 0 Å². The summed E-state index contributed by atoms with van der Waals surface area (Å²) in [6.07, 6.45) is 2.62. The van der Waals surface area contributed by atoms with Gasteiger partial charge in [-0.2, -0.15) is 0 Å². The summed E-state index contributed by atoms with van der Waals surface area (Å²) in [7, 11) is -0.435. The van der Waals surface area contributed by atoms with Crippen molar-refractivity contribution < 1.29 is 22.6 Å². The molecule has 1 aromatic carbocycles. The van der Waals surface area contributed by atoms with Gasteiger partial charge in [-0.3, -0.25) is 9.29 Å². The number of para-hydroxylation sites is 1. The largest absolute Gasteiger partial charge is 0.494 e. The van der Waals surface area contributed by atoms with Gasteiger partial charge in [0, 0.05) is 6.07 Å². The summed E-state index contributed by atoms with van der Waals surface area (Å²) in [4.78, 5) is 18.2. The Morgan fingerprint density at radius 1 is 1.03 bits per heavy atom. The second-order valence-electron chi connectivity index (χ2n) is 7.82. The van der Waals surface area contributed by atoms with E-state index < -0.39 is 15.3 Å². The van der Waals surface area contributed by atoms with E-state index in [1.807, 2.05) is 13.0 Å². The van der Waals surface area contributed by atoms with Gasteiger partial charge < -0.3 is 14.2 Å². The molecular weight excluding hydrogens is 472 g/mol. The Bertz CT molecular complexity index is 1480. The summed E-state index contributed by atoms with van der Waals surface area (Å²) >= 11 is 0. The van der Waals surface area contributed by atoms with E-state index in [1.165, 1.54) is 6.20 Å². The fourth-order valence-corrected chi connectivity index (χ4v) is 5.03. The normalized spacial score (nSPS) is 13.6. The quantitative estimate of drug-likeness (QED) is 0.371. The van der Waals surface area contributed by atoms with Crippen LogP contribution in [-0.2, 0) is 10.0 Å². The first kappa shape index (κ1) is 22.8. The van der Waals surface area contributed by atoms with Crippen LogP contribution < -0.4 is 18.9 Å². The van der Waals surface area contributed by atoms with Gasteiger partial charge in [-0.15, -0.1) is 0 Å². The highest BCUT2D eigenvalue weighted by Gasteiger charge is 2.36. The van der Waals surface area contributed by atoms with Gasteiger partial charge in [-0.25, -0.2) is 28.4 Å². The molecule has 1 saturated carbocycles. The molecule has 1 aliphatic rings. The van der Waals surface area contributed by atoms with E-state index >= 15 is 0 Å². The zero-order valence-electron chi connectivity index (χ0n) is 19.4. The van der Waals surface area contributed by atoms with Crippen molar-refractivity contribution in [1.82, 2.24) is 24.5 Å². The third kappa shape index (κ3) is 4.32. The van der Waals surface area contributed by atoms with Crippen LogP contribution in [0.4, 0.5) is 5.82 Å². The number of rotatable bonds is 9. The lowest BCUT2D eigenvalue weighted by atomic mass is 10.2. The minimum absolute atomic E-state index is 0.0991. The molecule has 0 saturated heterocycles. The number of methoxy groups -OCH3 is 2. The summed E-state index contributed by atoms with van der Waals surface area (Å²) in [5, 5.41) is -0.403. The number of fused-ring (bicyclic) bond motifs is 1. The fourth-order valence-electron chi connectivity index (χ4n) is 3.71. The van der Waals surface area contributed by atoms with Crippen molar-refractivity contribution in [2.45, 2.75) is 25.0 Å². The van der Waals surface area contributed by atoms with Gasteiger partial charge in [0.15, 0.2) is 22.9 Å². The summed E-state index contributed by atoms with van der Waals surface area (Å²) in [5.74, 6) is 1.94. The molecule has 182 valence electrons. The average Bonchev–Trinajstić information content (AvgIpc) is 3.66. The molecule has 1 fully saturated rings. The molecule has 35 heavy (non-hydrogen) atoms. The number of hydrogen-bond donors (Lipinski definition) is 1. The van der Waals surface area contributed by atoms with Crippen LogP contribution in [0, 0.1) is 0 Å². The molecule has 1 N–H and O–H groups in total. The predicted molar refractivity (Wildman–Crippen MR) is 130 cm³/mol. The van der Waals surface area contributed by atoms with E-state index in [0.717, 1.165) is 0 Å². The van der Waals surface area contributed by atoms with Crippen molar-refractivity contribution in [2.75, 3.05) is 25.5 Å². The maximum atomic E-state index is 12.5. The summed E-state index contributed by atoms with van der Waals surface area (Å²) < 4.78 is 46.1. The van der Waals surface area contributed by atoms with Crippen molar-refractivity contribution in [3.63, 3.8) is 0 Å². The summed E-state index contributed by atoms with van der Waals surface area (Å²) in [5.41, 5.74) is 1.63. The summed E-state index contributed by atoms with van der Waals surface area (Å²) in [6.45, 7) is 2.34. The van der Waals surface area contributed by atoms with Gasteiger partial charge in [-0.1, -0.05) is 12.1 Å². The van der Waals surface area contributed by atoms with Crippen LogP contribution in [0.1, 0.15) is 19.8 Å². The molecule has 1 aliphatic carbocycles. The van der Waals surface area contributed by atoms with Crippen LogP contribution in [0.15, 0.2) is 42.6 Å². The molecule has 3 aromatic heterocycles. The maximum Gasteiger partial charge on any atom is 0.236 e. The number of pyridine rings is 1. The molecule has 5 rings (SSSR count). The Morgan fingerprint density at radius 2 is 1.74 bits per heavy atom. The van der Waals surface area contributed by atoms with E-state index in [2.05, 4.69) is 24.7 Å². The van der Waals surface area contributed by atoms with Gasteiger partial charge in [-0.05, 0) is 38.0 Å². The zero-order valence-corrected chi connectivity index (χ0v) is 20.2. The Labute approximate surface area is 202 Å². The van der Waals surface area contributed by atoms with Gasteiger partial charge >= 0.3 is 0 Å². The average molecular weight is 497 g/mol. The molecule has 0 amide bonds. The number of ether oxygens (including phenoxy) is 3. The molecule has 0 unspecified atom stereocenters. The van der Waals surface area contributed by atoms with Crippen LogP contribution in [0.2, 0.25) is 0 Å².